The fraction of sp³-hybridized carbons (Fsp3) is 0.500. The Morgan fingerprint density at radius 2 is 2.36 bits per heavy atom. The zero-order valence-electron chi connectivity index (χ0n) is 7.79. The lowest BCUT2D eigenvalue weighted by Crippen LogP contribution is -2.35. The SMILES string of the molecule is Brc1cnccc1N1CCCC(Br)C1. The lowest BCUT2D eigenvalue weighted by atomic mass is 10.1. The standard InChI is InChI=1S/C10H12Br2N2/c11-8-2-1-5-14(7-8)10-3-4-13-6-9(10)12/h3-4,6,8H,1-2,5,7H2. The third kappa shape index (κ3) is 2.28. The van der Waals surface area contributed by atoms with E-state index in [-0.39, 0.29) is 0 Å². The van der Waals surface area contributed by atoms with E-state index < -0.39 is 0 Å². The molecule has 0 bridgehead atoms. The minimum Gasteiger partial charge on any atom is -0.369 e. The summed E-state index contributed by atoms with van der Waals surface area (Å²) < 4.78 is 1.08. The Morgan fingerprint density at radius 1 is 1.50 bits per heavy atom. The number of anilines is 1. The van der Waals surface area contributed by atoms with Gasteiger partial charge < -0.3 is 4.90 Å². The molecule has 4 heteroatoms. The topological polar surface area (TPSA) is 16.1 Å². The van der Waals surface area contributed by atoms with Gasteiger partial charge in [-0.3, -0.25) is 4.98 Å². The number of pyridine rings is 1. The summed E-state index contributed by atoms with van der Waals surface area (Å²) in [6.45, 7) is 2.23. The highest BCUT2D eigenvalue weighted by Gasteiger charge is 2.18. The van der Waals surface area contributed by atoms with E-state index in [4.69, 9.17) is 0 Å². The second-order valence-electron chi connectivity index (χ2n) is 3.51. The minimum absolute atomic E-state index is 0.622. The first-order valence-electron chi connectivity index (χ1n) is 4.76. The van der Waals surface area contributed by atoms with Gasteiger partial charge in [0.25, 0.3) is 0 Å². The van der Waals surface area contributed by atoms with Gasteiger partial charge >= 0.3 is 0 Å². The molecule has 2 heterocycles. The summed E-state index contributed by atoms with van der Waals surface area (Å²) in [5, 5.41) is 0. The van der Waals surface area contributed by atoms with Crippen LogP contribution >= 0.6 is 31.9 Å². The molecule has 1 saturated heterocycles. The van der Waals surface area contributed by atoms with Gasteiger partial charge in [0.2, 0.25) is 0 Å². The summed E-state index contributed by atoms with van der Waals surface area (Å²) in [5.74, 6) is 0. The van der Waals surface area contributed by atoms with E-state index in [0.29, 0.717) is 4.83 Å². The van der Waals surface area contributed by atoms with Crippen LogP contribution in [0, 0.1) is 0 Å². The van der Waals surface area contributed by atoms with E-state index in [1.807, 2.05) is 12.4 Å². The van der Waals surface area contributed by atoms with Gasteiger partial charge in [-0.2, -0.15) is 0 Å². The highest BCUT2D eigenvalue weighted by Crippen LogP contribution is 2.28. The molecule has 0 radical (unpaired) electrons. The van der Waals surface area contributed by atoms with E-state index in [1.165, 1.54) is 18.5 Å². The Balaban J connectivity index is 2.18. The van der Waals surface area contributed by atoms with E-state index in [0.717, 1.165) is 17.6 Å². The molecular formula is C10H12Br2N2. The third-order valence-corrected chi connectivity index (χ3v) is 3.81. The van der Waals surface area contributed by atoms with Gasteiger partial charge in [-0.05, 0) is 34.8 Å². The predicted octanol–water partition coefficient (Wildman–Crippen LogP) is 3.21. The van der Waals surface area contributed by atoms with E-state index >= 15 is 0 Å². The molecule has 76 valence electrons. The molecule has 0 amide bonds. The van der Waals surface area contributed by atoms with Crippen molar-refractivity contribution < 1.29 is 0 Å². The number of hydrogen-bond donors (Lipinski definition) is 0. The predicted molar refractivity (Wildman–Crippen MR) is 66.1 cm³/mol. The average molecular weight is 320 g/mol. The second kappa shape index (κ2) is 4.62. The summed E-state index contributed by atoms with van der Waals surface area (Å²) in [6, 6.07) is 2.06. The molecule has 1 aromatic rings. The Labute approximate surface area is 101 Å². The first kappa shape index (κ1) is 10.4. The van der Waals surface area contributed by atoms with Crippen molar-refractivity contribution in [1.82, 2.24) is 4.98 Å². The summed E-state index contributed by atoms with van der Waals surface area (Å²) in [6.07, 6.45) is 6.23. The minimum atomic E-state index is 0.622. The normalized spacial score (nSPS) is 22.4. The van der Waals surface area contributed by atoms with Crippen LogP contribution in [-0.2, 0) is 0 Å². The number of hydrogen-bond acceptors (Lipinski definition) is 2. The molecule has 1 aliphatic rings. The zero-order chi connectivity index (χ0) is 9.97. The van der Waals surface area contributed by atoms with Crippen LogP contribution in [0.15, 0.2) is 22.9 Å². The first-order chi connectivity index (χ1) is 6.77. The van der Waals surface area contributed by atoms with Crippen molar-refractivity contribution in [2.75, 3.05) is 18.0 Å². The quantitative estimate of drug-likeness (QED) is 0.739. The van der Waals surface area contributed by atoms with Gasteiger partial charge in [-0.1, -0.05) is 15.9 Å². The number of piperidine rings is 1. The van der Waals surface area contributed by atoms with E-state index in [9.17, 15) is 0 Å². The van der Waals surface area contributed by atoms with Crippen molar-refractivity contribution >= 4 is 37.5 Å². The molecule has 0 saturated carbocycles. The maximum absolute atomic E-state index is 4.07. The number of halogens is 2. The van der Waals surface area contributed by atoms with Gasteiger partial charge in [0, 0.05) is 30.3 Å². The molecule has 0 aromatic carbocycles. The lowest BCUT2D eigenvalue weighted by molar-refractivity contribution is 0.595. The zero-order valence-corrected chi connectivity index (χ0v) is 11.0. The largest absolute Gasteiger partial charge is 0.369 e. The van der Waals surface area contributed by atoms with Crippen LogP contribution in [-0.4, -0.2) is 22.9 Å². The van der Waals surface area contributed by atoms with E-state index in [1.54, 1.807) is 0 Å². The number of rotatable bonds is 1. The molecule has 14 heavy (non-hydrogen) atoms. The molecule has 1 atom stereocenters. The van der Waals surface area contributed by atoms with Crippen LogP contribution in [0.2, 0.25) is 0 Å². The second-order valence-corrected chi connectivity index (χ2v) is 5.66. The summed E-state index contributed by atoms with van der Waals surface area (Å²) in [5.41, 5.74) is 1.25. The third-order valence-electron chi connectivity index (χ3n) is 2.46. The van der Waals surface area contributed by atoms with Gasteiger partial charge in [0.15, 0.2) is 0 Å². The van der Waals surface area contributed by atoms with Crippen molar-refractivity contribution in [3.63, 3.8) is 0 Å². The molecule has 0 spiro atoms. The maximum Gasteiger partial charge on any atom is 0.0592 e. The van der Waals surface area contributed by atoms with Gasteiger partial charge in [-0.15, -0.1) is 0 Å². The van der Waals surface area contributed by atoms with Crippen LogP contribution < -0.4 is 4.90 Å². The van der Waals surface area contributed by atoms with Crippen molar-refractivity contribution in [3.05, 3.63) is 22.9 Å². The molecule has 0 aliphatic carbocycles. The first-order valence-corrected chi connectivity index (χ1v) is 6.47. The Kier molecular flexibility index (Phi) is 3.44. The number of aromatic nitrogens is 1. The Morgan fingerprint density at radius 3 is 3.07 bits per heavy atom. The van der Waals surface area contributed by atoms with Gasteiger partial charge in [0.1, 0.15) is 0 Å². The molecule has 0 N–H and O–H groups in total. The Bertz CT molecular complexity index is 317. The summed E-state index contributed by atoms with van der Waals surface area (Å²) >= 11 is 7.21. The van der Waals surface area contributed by atoms with Crippen LogP contribution in [0.1, 0.15) is 12.8 Å². The van der Waals surface area contributed by atoms with Gasteiger partial charge in [-0.25, -0.2) is 0 Å². The van der Waals surface area contributed by atoms with Gasteiger partial charge in [0.05, 0.1) is 10.2 Å². The molecule has 1 aromatic heterocycles. The summed E-state index contributed by atoms with van der Waals surface area (Å²) in [7, 11) is 0. The summed E-state index contributed by atoms with van der Waals surface area (Å²) in [4.78, 5) is 7.09. The smallest absolute Gasteiger partial charge is 0.0592 e. The molecule has 2 rings (SSSR count). The monoisotopic (exact) mass is 318 g/mol. The van der Waals surface area contributed by atoms with Crippen molar-refractivity contribution in [2.45, 2.75) is 17.7 Å². The van der Waals surface area contributed by atoms with Crippen LogP contribution in [0.4, 0.5) is 5.69 Å². The molecular weight excluding hydrogens is 308 g/mol. The molecule has 2 nitrogen and oxygen atoms in total. The van der Waals surface area contributed by atoms with Crippen molar-refractivity contribution in [2.24, 2.45) is 0 Å². The van der Waals surface area contributed by atoms with Crippen LogP contribution in [0.5, 0.6) is 0 Å². The molecule has 1 fully saturated rings. The maximum atomic E-state index is 4.07. The fourth-order valence-electron chi connectivity index (χ4n) is 1.77. The van der Waals surface area contributed by atoms with Crippen molar-refractivity contribution in [3.8, 4) is 0 Å². The lowest BCUT2D eigenvalue weighted by Gasteiger charge is -2.32. The Hall–Kier alpha value is -0.0900. The number of nitrogens with zero attached hydrogens (tertiary/aromatic N) is 2. The highest BCUT2D eigenvalue weighted by molar-refractivity contribution is 9.10. The van der Waals surface area contributed by atoms with Crippen LogP contribution in [0.3, 0.4) is 0 Å². The van der Waals surface area contributed by atoms with Crippen LogP contribution in [0.25, 0.3) is 0 Å². The fourth-order valence-corrected chi connectivity index (χ4v) is 2.94. The molecule has 1 aliphatic heterocycles. The average Bonchev–Trinajstić information content (AvgIpc) is 2.18. The highest BCUT2D eigenvalue weighted by atomic mass is 79.9. The number of alkyl halides is 1. The molecule has 1 unspecified atom stereocenters. The van der Waals surface area contributed by atoms with E-state index in [2.05, 4.69) is 47.8 Å². The van der Waals surface area contributed by atoms with Crippen molar-refractivity contribution in [1.29, 1.82) is 0 Å².